The Labute approximate surface area is 136 Å². The van der Waals surface area contributed by atoms with Gasteiger partial charge in [-0.3, -0.25) is 4.79 Å². The molecule has 0 bridgehead atoms. The zero-order valence-corrected chi connectivity index (χ0v) is 13.4. The zero-order chi connectivity index (χ0) is 14.8. The fourth-order valence-electron chi connectivity index (χ4n) is 2.32. The second kappa shape index (κ2) is 6.08. The highest BCUT2D eigenvalue weighted by molar-refractivity contribution is 9.10. The van der Waals surface area contributed by atoms with Gasteiger partial charge in [-0.2, -0.15) is 0 Å². The minimum Gasteiger partial charge on any atom is -0.492 e. The Balaban J connectivity index is 1.72. The lowest BCUT2D eigenvalue weighted by Gasteiger charge is -2.24. The minimum atomic E-state index is -0.192. The summed E-state index contributed by atoms with van der Waals surface area (Å²) in [6.45, 7) is 0.397. The van der Waals surface area contributed by atoms with E-state index in [1.54, 1.807) is 18.2 Å². The van der Waals surface area contributed by atoms with Crippen LogP contribution in [0.1, 0.15) is 5.56 Å². The number of ether oxygens (including phenoxy) is 1. The fourth-order valence-corrected chi connectivity index (χ4v) is 3.10. The Morgan fingerprint density at radius 3 is 2.90 bits per heavy atom. The fraction of sp³-hybridized carbons (Fsp3) is 0.188. The van der Waals surface area contributed by atoms with Gasteiger partial charge < -0.3 is 10.1 Å². The second-order valence-electron chi connectivity index (χ2n) is 4.93. The van der Waals surface area contributed by atoms with Crippen molar-refractivity contribution >= 4 is 39.1 Å². The summed E-state index contributed by atoms with van der Waals surface area (Å²) in [5, 5.41) is 3.53. The topological polar surface area (TPSA) is 38.3 Å². The number of hydrogen-bond acceptors (Lipinski definition) is 2. The van der Waals surface area contributed by atoms with Crippen molar-refractivity contribution in [1.29, 1.82) is 0 Å². The first-order valence-electron chi connectivity index (χ1n) is 6.60. The second-order valence-corrected chi connectivity index (χ2v) is 6.22. The Morgan fingerprint density at radius 2 is 2.10 bits per heavy atom. The van der Waals surface area contributed by atoms with Crippen molar-refractivity contribution in [3.63, 3.8) is 0 Å². The average Bonchev–Trinajstić information content (AvgIpc) is 2.49. The maximum absolute atomic E-state index is 12.4. The number of para-hydroxylation sites is 1. The number of fused-ring (bicyclic) bond motifs is 1. The van der Waals surface area contributed by atoms with Crippen LogP contribution >= 0.6 is 27.5 Å². The van der Waals surface area contributed by atoms with Gasteiger partial charge in [-0.05, 0) is 52.2 Å². The van der Waals surface area contributed by atoms with Crippen LogP contribution in [0.5, 0.6) is 5.75 Å². The van der Waals surface area contributed by atoms with Gasteiger partial charge in [0, 0.05) is 9.50 Å². The number of carbonyl (C=O) groups excluding carboxylic acids is 1. The molecule has 5 heteroatoms. The zero-order valence-electron chi connectivity index (χ0n) is 11.1. The van der Waals surface area contributed by atoms with Crippen LogP contribution in [0.3, 0.4) is 0 Å². The molecular formula is C16H13BrClNO2. The molecule has 0 saturated heterocycles. The lowest BCUT2D eigenvalue weighted by atomic mass is 9.96. The quantitative estimate of drug-likeness (QED) is 0.861. The minimum absolute atomic E-state index is 0.0486. The molecule has 1 amide bonds. The summed E-state index contributed by atoms with van der Waals surface area (Å²) in [6, 6.07) is 13.1. The molecule has 1 atom stereocenters. The molecule has 0 aliphatic carbocycles. The molecule has 1 aliphatic heterocycles. The Kier molecular flexibility index (Phi) is 4.17. The molecule has 3 rings (SSSR count). The molecule has 21 heavy (non-hydrogen) atoms. The number of benzene rings is 2. The number of amides is 1. The van der Waals surface area contributed by atoms with Crippen LogP contribution in [0.2, 0.25) is 5.02 Å². The van der Waals surface area contributed by atoms with Crippen molar-refractivity contribution in [3.05, 3.63) is 57.5 Å². The number of anilines is 1. The first kappa shape index (κ1) is 14.4. The van der Waals surface area contributed by atoms with Crippen LogP contribution in [-0.4, -0.2) is 12.5 Å². The number of hydrogen-bond donors (Lipinski definition) is 1. The van der Waals surface area contributed by atoms with E-state index in [-0.39, 0.29) is 11.8 Å². The summed E-state index contributed by atoms with van der Waals surface area (Å²) < 4.78 is 6.41. The summed E-state index contributed by atoms with van der Waals surface area (Å²) in [6.07, 6.45) is 0.688. The third kappa shape index (κ3) is 3.22. The van der Waals surface area contributed by atoms with Crippen LogP contribution < -0.4 is 10.1 Å². The molecule has 2 aromatic carbocycles. The molecule has 2 aromatic rings. The standard InChI is InChI=1S/C16H13BrClNO2/c17-13-8-12(18)5-6-14(13)19-16(20)11-7-10-3-1-2-4-15(10)21-9-11/h1-6,8,11H,7,9H2,(H,19,20). The molecule has 108 valence electrons. The van der Waals surface area contributed by atoms with Gasteiger partial charge >= 0.3 is 0 Å². The van der Waals surface area contributed by atoms with Crippen LogP contribution in [0.25, 0.3) is 0 Å². The molecular weight excluding hydrogens is 354 g/mol. The molecule has 0 saturated carbocycles. The molecule has 0 fully saturated rings. The smallest absolute Gasteiger partial charge is 0.231 e. The van der Waals surface area contributed by atoms with E-state index in [2.05, 4.69) is 21.2 Å². The van der Waals surface area contributed by atoms with Gasteiger partial charge in [0.25, 0.3) is 0 Å². The molecule has 3 nitrogen and oxygen atoms in total. The van der Waals surface area contributed by atoms with E-state index >= 15 is 0 Å². The van der Waals surface area contributed by atoms with E-state index in [1.165, 1.54) is 0 Å². The summed E-state index contributed by atoms with van der Waals surface area (Å²) in [5.41, 5.74) is 1.78. The molecule has 1 N–H and O–H groups in total. The normalized spacial score (nSPS) is 16.8. The predicted molar refractivity (Wildman–Crippen MR) is 86.9 cm³/mol. The van der Waals surface area contributed by atoms with Crippen LogP contribution in [0, 0.1) is 5.92 Å². The van der Waals surface area contributed by atoms with Gasteiger partial charge in [-0.25, -0.2) is 0 Å². The molecule has 0 aromatic heterocycles. The molecule has 0 radical (unpaired) electrons. The van der Waals surface area contributed by atoms with E-state index < -0.39 is 0 Å². The van der Waals surface area contributed by atoms with Gasteiger partial charge in [-0.1, -0.05) is 29.8 Å². The van der Waals surface area contributed by atoms with E-state index in [4.69, 9.17) is 16.3 Å². The van der Waals surface area contributed by atoms with Crippen LogP contribution in [0.4, 0.5) is 5.69 Å². The molecule has 1 unspecified atom stereocenters. The number of rotatable bonds is 2. The highest BCUT2D eigenvalue weighted by Gasteiger charge is 2.26. The maximum atomic E-state index is 12.4. The highest BCUT2D eigenvalue weighted by Crippen LogP contribution is 2.29. The molecule has 0 spiro atoms. The van der Waals surface area contributed by atoms with Gasteiger partial charge in [0.15, 0.2) is 0 Å². The first-order valence-corrected chi connectivity index (χ1v) is 7.77. The van der Waals surface area contributed by atoms with Crippen LogP contribution in [0.15, 0.2) is 46.9 Å². The summed E-state index contributed by atoms with van der Waals surface area (Å²) in [7, 11) is 0. The monoisotopic (exact) mass is 365 g/mol. The largest absolute Gasteiger partial charge is 0.492 e. The number of nitrogens with one attached hydrogen (secondary N) is 1. The summed E-state index contributed by atoms with van der Waals surface area (Å²) in [5.74, 6) is 0.629. The van der Waals surface area contributed by atoms with Gasteiger partial charge in [0.2, 0.25) is 5.91 Å². The van der Waals surface area contributed by atoms with Crippen molar-refractivity contribution in [2.75, 3.05) is 11.9 Å². The van der Waals surface area contributed by atoms with E-state index in [0.717, 1.165) is 15.8 Å². The third-order valence-electron chi connectivity index (χ3n) is 3.44. The van der Waals surface area contributed by atoms with E-state index in [1.807, 2.05) is 24.3 Å². The van der Waals surface area contributed by atoms with Gasteiger partial charge in [0.1, 0.15) is 12.4 Å². The van der Waals surface area contributed by atoms with Crippen molar-refractivity contribution in [2.45, 2.75) is 6.42 Å². The lowest BCUT2D eigenvalue weighted by molar-refractivity contribution is -0.121. The molecule has 1 aliphatic rings. The Bertz CT molecular complexity index is 690. The average molecular weight is 367 g/mol. The van der Waals surface area contributed by atoms with Crippen molar-refractivity contribution in [3.8, 4) is 5.75 Å². The van der Waals surface area contributed by atoms with Gasteiger partial charge in [-0.15, -0.1) is 0 Å². The summed E-state index contributed by atoms with van der Waals surface area (Å²) in [4.78, 5) is 12.4. The van der Waals surface area contributed by atoms with Crippen molar-refractivity contribution < 1.29 is 9.53 Å². The number of carbonyl (C=O) groups is 1. The first-order chi connectivity index (χ1) is 10.1. The summed E-state index contributed by atoms with van der Waals surface area (Å²) >= 11 is 9.29. The number of halogens is 2. The SMILES string of the molecule is O=C(Nc1ccc(Cl)cc1Br)C1COc2ccccc2C1. The molecule has 1 heterocycles. The van der Waals surface area contributed by atoms with Gasteiger partial charge in [0.05, 0.1) is 11.6 Å². The van der Waals surface area contributed by atoms with Crippen molar-refractivity contribution in [2.24, 2.45) is 5.92 Å². The van der Waals surface area contributed by atoms with Crippen molar-refractivity contribution in [1.82, 2.24) is 0 Å². The van der Waals surface area contributed by atoms with Crippen LogP contribution in [-0.2, 0) is 11.2 Å². The third-order valence-corrected chi connectivity index (χ3v) is 4.33. The maximum Gasteiger partial charge on any atom is 0.231 e. The Hall–Kier alpha value is -1.52. The van der Waals surface area contributed by atoms with E-state index in [9.17, 15) is 4.79 Å². The lowest BCUT2D eigenvalue weighted by Crippen LogP contribution is -2.32. The highest BCUT2D eigenvalue weighted by atomic mass is 79.9. The Morgan fingerprint density at radius 1 is 1.29 bits per heavy atom. The predicted octanol–water partition coefficient (Wildman–Crippen LogP) is 4.29. The van der Waals surface area contributed by atoms with E-state index in [0.29, 0.717) is 23.7 Å².